The Labute approximate surface area is 181 Å². The first-order valence-electron chi connectivity index (χ1n) is 7.83. The second kappa shape index (κ2) is 9.38. The fraction of sp³-hybridized carbons (Fsp3) is 0.176. The average Bonchev–Trinajstić information content (AvgIpc) is 2.61. The minimum absolute atomic E-state index is 0.0742. The molecule has 0 bridgehead atoms. The van der Waals surface area contributed by atoms with Gasteiger partial charge in [-0.2, -0.15) is 0 Å². The van der Waals surface area contributed by atoms with Crippen LogP contribution in [0.3, 0.4) is 0 Å². The molecule has 0 aromatic heterocycles. The maximum absolute atomic E-state index is 12.4. The number of thiocarbonyl (C=S) groups is 1. The molecule has 0 saturated carbocycles. The Morgan fingerprint density at radius 1 is 1.11 bits per heavy atom. The van der Waals surface area contributed by atoms with E-state index >= 15 is 0 Å². The van der Waals surface area contributed by atoms with Crippen LogP contribution in [0.15, 0.2) is 48.5 Å². The molecule has 0 saturated heterocycles. The molecule has 3 N–H and O–H groups in total. The summed E-state index contributed by atoms with van der Waals surface area (Å²) >= 11 is 23.0. The second-order valence-corrected chi connectivity index (χ2v) is 8.46. The summed E-state index contributed by atoms with van der Waals surface area (Å²) in [5, 5.41) is 18.9. The Morgan fingerprint density at radius 3 is 2.29 bits per heavy atom. The van der Waals surface area contributed by atoms with Crippen LogP contribution in [0.1, 0.15) is 15.9 Å². The molecule has 0 heterocycles. The first kappa shape index (κ1) is 22.2. The standard InChI is InChI=1S/C17H15Cl3N4O3S/c1-10-6-8-11(9-7-10)14(25)22-15(17(18,19)20)23-16(28)21-12-4-2-3-5-13(12)24(26)27/h2-9,15H,1H3,(H,22,25)(H2,21,23,28). The first-order valence-corrected chi connectivity index (χ1v) is 9.37. The van der Waals surface area contributed by atoms with E-state index in [9.17, 15) is 14.9 Å². The number of aryl methyl sites for hydroxylation is 1. The maximum Gasteiger partial charge on any atom is 0.292 e. The van der Waals surface area contributed by atoms with Gasteiger partial charge in [0.2, 0.25) is 3.79 Å². The highest BCUT2D eigenvalue weighted by Gasteiger charge is 2.35. The Hall–Kier alpha value is -2.13. The van der Waals surface area contributed by atoms with Crippen LogP contribution in [0, 0.1) is 17.0 Å². The van der Waals surface area contributed by atoms with E-state index in [-0.39, 0.29) is 16.5 Å². The molecule has 1 amide bonds. The van der Waals surface area contributed by atoms with Crippen LogP contribution >= 0.6 is 47.0 Å². The van der Waals surface area contributed by atoms with Crippen molar-refractivity contribution in [1.29, 1.82) is 0 Å². The SMILES string of the molecule is Cc1ccc(C(=O)NC(NC(=S)Nc2ccccc2[N+](=O)[O-])C(Cl)(Cl)Cl)cc1. The van der Waals surface area contributed by atoms with Crippen LogP contribution in [-0.4, -0.2) is 25.9 Å². The molecule has 2 rings (SSSR count). The highest BCUT2D eigenvalue weighted by atomic mass is 35.6. The summed E-state index contributed by atoms with van der Waals surface area (Å²) in [4.78, 5) is 22.9. The summed E-state index contributed by atoms with van der Waals surface area (Å²) in [5.41, 5.74) is 1.32. The number of anilines is 1. The number of nitrogens with one attached hydrogen (secondary N) is 3. The quantitative estimate of drug-likeness (QED) is 0.202. The van der Waals surface area contributed by atoms with E-state index in [0.717, 1.165) is 5.56 Å². The number of nitro groups is 1. The topological polar surface area (TPSA) is 96.3 Å². The van der Waals surface area contributed by atoms with Crippen molar-refractivity contribution in [3.8, 4) is 0 Å². The van der Waals surface area contributed by atoms with Gasteiger partial charge in [-0.05, 0) is 37.3 Å². The van der Waals surface area contributed by atoms with Crippen LogP contribution in [-0.2, 0) is 0 Å². The lowest BCUT2D eigenvalue weighted by Gasteiger charge is -2.27. The summed E-state index contributed by atoms with van der Waals surface area (Å²) < 4.78 is -1.95. The molecule has 0 aliphatic carbocycles. The number of carbonyl (C=O) groups is 1. The van der Waals surface area contributed by atoms with E-state index in [0.29, 0.717) is 5.56 Å². The van der Waals surface area contributed by atoms with Gasteiger partial charge in [0.25, 0.3) is 11.6 Å². The number of hydrogen-bond acceptors (Lipinski definition) is 4. The van der Waals surface area contributed by atoms with Gasteiger partial charge in [0.1, 0.15) is 11.9 Å². The van der Waals surface area contributed by atoms with Crippen molar-refractivity contribution in [2.45, 2.75) is 16.9 Å². The molecule has 2 aromatic rings. The Kier molecular flexibility index (Phi) is 7.42. The summed E-state index contributed by atoms with van der Waals surface area (Å²) in [6.45, 7) is 1.89. The second-order valence-electron chi connectivity index (χ2n) is 5.69. The van der Waals surface area contributed by atoms with Gasteiger partial charge in [0, 0.05) is 11.6 Å². The van der Waals surface area contributed by atoms with E-state index in [1.165, 1.54) is 18.2 Å². The third kappa shape index (κ3) is 6.20. The number of halogens is 3. The van der Waals surface area contributed by atoms with Crippen LogP contribution in [0.2, 0.25) is 0 Å². The van der Waals surface area contributed by atoms with Gasteiger partial charge in [0.15, 0.2) is 5.11 Å². The monoisotopic (exact) mass is 460 g/mol. The van der Waals surface area contributed by atoms with E-state index in [1.54, 1.807) is 30.3 Å². The normalized spacial score (nSPS) is 12.0. The van der Waals surface area contributed by atoms with E-state index in [1.807, 2.05) is 6.92 Å². The smallest absolute Gasteiger partial charge is 0.292 e. The highest BCUT2D eigenvalue weighted by molar-refractivity contribution is 7.80. The predicted molar refractivity (Wildman–Crippen MR) is 115 cm³/mol. The molecule has 0 aliphatic heterocycles. The molecular formula is C17H15Cl3N4O3S. The van der Waals surface area contributed by atoms with Crippen molar-refractivity contribution in [2.24, 2.45) is 0 Å². The Bertz CT molecular complexity index is 888. The van der Waals surface area contributed by atoms with Crippen LogP contribution in [0.25, 0.3) is 0 Å². The zero-order valence-electron chi connectivity index (χ0n) is 14.4. The molecule has 0 fully saturated rings. The molecule has 0 radical (unpaired) electrons. The molecule has 2 aromatic carbocycles. The fourth-order valence-electron chi connectivity index (χ4n) is 2.15. The molecular weight excluding hydrogens is 447 g/mol. The molecule has 1 unspecified atom stereocenters. The zero-order valence-corrected chi connectivity index (χ0v) is 17.5. The lowest BCUT2D eigenvalue weighted by atomic mass is 10.1. The molecule has 1 atom stereocenters. The summed E-state index contributed by atoms with van der Waals surface area (Å²) in [7, 11) is 0. The van der Waals surface area contributed by atoms with Gasteiger partial charge in [0.05, 0.1) is 4.92 Å². The lowest BCUT2D eigenvalue weighted by molar-refractivity contribution is -0.383. The minimum Gasteiger partial charge on any atom is -0.339 e. The largest absolute Gasteiger partial charge is 0.339 e. The molecule has 11 heteroatoms. The van der Waals surface area contributed by atoms with Crippen LogP contribution in [0.5, 0.6) is 0 Å². The van der Waals surface area contributed by atoms with Gasteiger partial charge in [-0.25, -0.2) is 0 Å². The zero-order chi connectivity index (χ0) is 20.9. The maximum atomic E-state index is 12.4. The number of para-hydroxylation sites is 2. The molecule has 28 heavy (non-hydrogen) atoms. The molecule has 148 valence electrons. The summed E-state index contributed by atoms with van der Waals surface area (Å²) in [6.07, 6.45) is -1.20. The van der Waals surface area contributed by atoms with Crippen LogP contribution in [0.4, 0.5) is 11.4 Å². The molecule has 0 aliphatic rings. The minimum atomic E-state index is -1.95. The third-order valence-electron chi connectivity index (χ3n) is 3.54. The van der Waals surface area contributed by atoms with Gasteiger partial charge in [-0.15, -0.1) is 0 Å². The van der Waals surface area contributed by atoms with Crippen molar-refractivity contribution in [3.05, 3.63) is 69.8 Å². The molecule has 0 spiro atoms. The van der Waals surface area contributed by atoms with E-state index < -0.39 is 20.8 Å². The highest BCUT2D eigenvalue weighted by Crippen LogP contribution is 2.30. The third-order valence-corrected chi connectivity index (χ3v) is 4.42. The summed E-state index contributed by atoms with van der Waals surface area (Å²) in [6, 6.07) is 12.7. The van der Waals surface area contributed by atoms with Gasteiger partial charge < -0.3 is 16.0 Å². The van der Waals surface area contributed by atoms with Gasteiger partial charge in [-0.3, -0.25) is 14.9 Å². The number of nitrogens with zero attached hydrogens (tertiary/aromatic N) is 1. The van der Waals surface area contributed by atoms with Gasteiger partial charge >= 0.3 is 0 Å². The Balaban J connectivity index is 2.12. The first-order chi connectivity index (χ1) is 13.1. The number of nitro benzene ring substituents is 1. The van der Waals surface area contributed by atoms with E-state index in [4.69, 9.17) is 47.0 Å². The molecule has 7 nitrogen and oxygen atoms in total. The number of hydrogen-bond donors (Lipinski definition) is 3. The van der Waals surface area contributed by atoms with Crippen molar-refractivity contribution in [1.82, 2.24) is 10.6 Å². The van der Waals surface area contributed by atoms with Crippen molar-refractivity contribution in [3.63, 3.8) is 0 Å². The van der Waals surface area contributed by atoms with Crippen LogP contribution < -0.4 is 16.0 Å². The lowest BCUT2D eigenvalue weighted by Crippen LogP contribution is -2.56. The predicted octanol–water partition coefficient (Wildman–Crippen LogP) is 4.32. The number of benzene rings is 2. The Morgan fingerprint density at radius 2 is 1.71 bits per heavy atom. The fourth-order valence-corrected chi connectivity index (χ4v) is 2.70. The van der Waals surface area contributed by atoms with Crippen molar-refractivity contribution in [2.75, 3.05) is 5.32 Å². The van der Waals surface area contributed by atoms with Crippen molar-refractivity contribution < 1.29 is 9.72 Å². The van der Waals surface area contributed by atoms with Gasteiger partial charge in [-0.1, -0.05) is 64.6 Å². The average molecular weight is 462 g/mol. The number of carbonyl (C=O) groups excluding carboxylic acids is 1. The number of amides is 1. The number of rotatable bonds is 5. The number of alkyl halides is 3. The van der Waals surface area contributed by atoms with Crippen molar-refractivity contribution >= 4 is 69.4 Å². The summed E-state index contributed by atoms with van der Waals surface area (Å²) in [5.74, 6) is -0.489. The van der Waals surface area contributed by atoms with E-state index in [2.05, 4.69) is 16.0 Å².